The lowest BCUT2D eigenvalue weighted by Crippen LogP contribution is -2.43. The quantitative estimate of drug-likeness (QED) is 0.757. The molecule has 1 aromatic rings. The van der Waals surface area contributed by atoms with E-state index in [1.54, 1.807) is 6.07 Å². The zero-order valence-electron chi connectivity index (χ0n) is 15.1. The van der Waals surface area contributed by atoms with Gasteiger partial charge in [0.1, 0.15) is 0 Å². The Morgan fingerprint density at radius 1 is 0.962 bits per heavy atom. The number of rotatable bonds is 5. The predicted molar refractivity (Wildman–Crippen MR) is 94.6 cm³/mol. The van der Waals surface area contributed by atoms with E-state index in [9.17, 15) is 13.2 Å². The van der Waals surface area contributed by atoms with Crippen molar-refractivity contribution in [3.8, 4) is 0 Å². The van der Waals surface area contributed by atoms with Gasteiger partial charge >= 0.3 is 6.18 Å². The summed E-state index contributed by atoms with van der Waals surface area (Å²) in [6.45, 7) is 2.76. The van der Waals surface area contributed by atoms with Crippen LogP contribution in [-0.4, -0.2) is 41.0 Å². The Morgan fingerprint density at radius 3 is 2.35 bits per heavy atom. The minimum atomic E-state index is -4.25. The summed E-state index contributed by atoms with van der Waals surface area (Å²) in [5.41, 5.74) is 0.262. The Balaban J connectivity index is 1.26. The van der Waals surface area contributed by atoms with E-state index in [0.717, 1.165) is 48.6 Å². The van der Waals surface area contributed by atoms with E-state index in [2.05, 4.69) is 9.80 Å². The maximum absolute atomic E-state index is 13.0. The molecule has 0 N–H and O–H groups in total. The first-order chi connectivity index (χ1) is 12.5. The van der Waals surface area contributed by atoms with E-state index >= 15 is 0 Å². The second-order valence-corrected chi connectivity index (χ2v) is 8.87. The molecule has 0 radical (unpaired) electrons. The summed E-state index contributed by atoms with van der Waals surface area (Å²) >= 11 is 0. The molecule has 1 aromatic carbocycles. The van der Waals surface area contributed by atoms with Crippen LogP contribution in [0.25, 0.3) is 0 Å². The van der Waals surface area contributed by atoms with Crippen LogP contribution in [0.15, 0.2) is 24.3 Å². The second-order valence-electron chi connectivity index (χ2n) is 8.87. The topological polar surface area (TPSA) is 6.48 Å². The molecule has 142 valence electrons. The van der Waals surface area contributed by atoms with Crippen molar-refractivity contribution in [3.63, 3.8) is 0 Å². The Kier molecular flexibility index (Phi) is 4.09. The second kappa shape index (κ2) is 6.23. The molecule has 0 aromatic heterocycles. The van der Waals surface area contributed by atoms with Crippen LogP contribution in [-0.2, 0) is 12.7 Å². The van der Waals surface area contributed by atoms with Crippen LogP contribution in [0.4, 0.5) is 13.2 Å². The number of halogens is 3. The molecule has 1 heterocycles. The number of nitrogens with zero attached hydrogens (tertiary/aromatic N) is 2. The van der Waals surface area contributed by atoms with Gasteiger partial charge in [0.05, 0.1) is 5.56 Å². The number of fused-ring (bicyclic) bond motifs is 1. The van der Waals surface area contributed by atoms with Crippen molar-refractivity contribution < 1.29 is 13.2 Å². The van der Waals surface area contributed by atoms with Gasteiger partial charge in [-0.05, 0) is 62.0 Å². The van der Waals surface area contributed by atoms with Gasteiger partial charge in [-0.2, -0.15) is 13.2 Å². The molecule has 3 aliphatic carbocycles. The van der Waals surface area contributed by atoms with Crippen LogP contribution in [0.3, 0.4) is 0 Å². The van der Waals surface area contributed by atoms with Crippen LogP contribution in [0, 0.1) is 11.8 Å². The van der Waals surface area contributed by atoms with Crippen LogP contribution in [0.1, 0.15) is 49.7 Å². The molecule has 26 heavy (non-hydrogen) atoms. The van der Waals surface area contributed by atoms with Gasteiger partial charge in [-0.15, -0.1) is 0 Å². The Labute approximate surface area is 153 Å². The zero-order chi connectivity index (χ0) is 17.9. The highest BCUT2D eigenvalue weighted by atomic mass is 19.4. The number of likely N-dealkylation sites (tertiary alicyclic amines) is 1. The third-order valence-electron chi connectivity index (χ3n) is 6.88. The van der Waals surface area contributed by atoms with Crippen LogP contribution in [0.5, 0.6) is 0 Å². The third-order valence-corrected chi connectivity index (χ3v) is 6.88. The molecule has 0 spiro atoms. The van der Waals surface area contributed by atoms with E-state index in [1.807, 2.05) is 6.07 Å². The average Bonchev–Trinajstić information content (AvgIpc) is 3.50. The number of hydrogen-bond acceptors (Lipinski definition) is 2. The minimum absolute atomic E-state index is 0.527. The smallest absolute Gasteiger partial charge is 0.298 e. The SMILES string of the molecule is FC(F)(F)c1cccc(CN2CC3CCC(N(C4CC4)C4CC4)C3C2)c1. The third kappa shape index (κ3) is 3.29. The summed E-state index contributed by atoms with van der Waals surface area (Å²) in [7, 11) is 0. The van der Waals surface area contributed by atoms with Gasteiger partial charge in [0, 0.05) is 37.8 Å². The summed E-state index contributed by atoms with van der Waals surface area (Å²) in [6, 6.07) is 8.27. The zero-order valence-corrected chi connectivity index (χ0v) is 15.1. The molecular formula is C21H27F3N2. The normalized spacial score (nSPS) is 32.4. The van der Waals surface area contributed by atoms with E-state index < -0.39 is 11.7 Å². The lowest BCUT2D eigenvalue weighted by atomic mass is 9.96. The van der Waals surface area contributed by atoms with Crippen molar-refractivity contribution >= 4 is 0 Å². The van der Waals surface area contributed by atoms with Gasteiger partial charge in [0.25, 0.3) is 0 Å². The van der Waals surface area contributed by atoms with E-state index in [0.29, 0.717) is 6.54 Å². The molecule has 3 atom stereocenters. The molecule has 5 heteroatoms. The van der Waals surface area contributed by atoms with E-state index in [1.165, 1.54) is 50.7 Å². The molecule has 4 aliphatic rings. The van der Waals surface area contributed by atoms with E-state index in [-0.39, 0.29) is 0 Å². The molecule has 0 bridgehead atoms. The lowest BCUT2D eigenvalue weighted by Gasteiger charge is -2.33. The van der Waals surface area contributed by atoms with Crippen LogP contribution in [0.2, 0.25) is 0 Å². The average molecular weight is 364 g/mol. The maximum Gasteiger partial charge on any atom is 0.416 e. The number of alkyl halides is 3. The first kappa shape index (κ1) is 17.1. The molecular weight excluding hydrogens is 337 g/mol. The summed E-state index contributed by atoms with van der Waals surface area (Å²) in [6.07, 6.45) is 3.87. The van der Waals surface area contributed by atoms with Crippen LogP contribution >= 0.6 is 0 Å². The highest BCUT2D eigenvalue weighted by Gasteiger charge is 2.51. The molecule has 4 fully saturated rings. The Hall–Kier alpha value is -1.07. The summed E-state index contributed by atoms with van der Waals surface area (Å²) < 4.78 is 38.9. The maximum atomic E-state index is 13.0. The number of hydrogen-bond donors (Lipinski definition) is 0. The van der Waals surface area contributed by atoms with Crippen molar-refractivity contribution in [1.82, 2.24) is 9.80 Å². The van der Waals surface area contributed by atoms with Gasteiger partial charge in [-0.25, -0.2) is 0 Å². The highest BCUT2D eigenvalue weighted by molar-refractivity contribution is 5.25. The van der Waals surface area contributed by atoms with Gasteiger partial charge in [0.15, 0.2) is 0 Å². The summed E-state index contributed by atoms with van der Waals surface area (Å²) in [5.74, 6) is 1.47. The lowest BCUT2D eigenvalue weighted by molar-refractivity contribution is -0.137. The number of benzene rings is 1. The van der Waals surface area contributed by atoms with Crippen molar-refractivity contribution in [2.75, 3.05) is 13.1 Å². The molecule has 0 amide bonds. The van der Waals surface area contributed by atoms with Gasteiger partial charge in [0.2, 0.25) is 0 Å². The molecule has 2 nitrogen and oxygen atoms in total. The summed E-state index contributed by atoms with van der Waals surface area (Å²) in [4.78, 5) is 5.26. The monoisotopic (exact) mass is 364 g/mol. The fourth-order valence-electron chi connectivity index (χ4n) is 5.52. The van der Waals surface area contributed by atoms with Crippen molar-refractivity contribution in [2.45, 2.75) is 69.4 Å². The first-order valence-corrected chi connectivity index (χ1v) is 10.1. The Morgan fingerprint density at radius 2 is 1.69 bits per heavy atom. The first-order valence-electron chi connectivity index (χ1n) is 10.1. The van der Waals surface area contributed by atoms with Crippen molar-refractivity contribution in [1.29, 1.82) is 0 Å². The van der Waals surface area contributed by atoms with Gasteiger partial charge in [-0.1, -0.05) is 18.2 Å². The summed E-state index contributed by atoms with van der Waals surface area (Å²) in [5, 5.41) is 0. The molecule has 1 aliphatic heterocycles. The fourth-order valence-corrected chi connectivity index (χ4v) is 5.52. The minimum Gasteiger partial charge on any atom is -0.298 e. The molecule has 1 saturated heterocycles. The standard InChI is InChI=1S/C21H27F3N2/c22-21(23,24)16-3-1-2-14(10-16)11-25-12-15-4-9-20(19(15)13-25)26(17-5-6-17)18-7-8-18/h1-3,10,15,17-20H,4-9,11-13H2. The fraction of sp³-hybridized carbons (Fsp3) is 0.714. The molecule has 3 saturated carbocycles. The Bertz CT molecular complexity index is 653. The predicted octanol–water partition coefficient (Wildman–Crippen LogP) is 4.54. The van der Waals surface area contributed by atoms with Gasteiger partial charge in [-0.3, -0.25) is 9.80 Å². The molecule has 5 rings (SSSR count). The van der Waals surface area contributed by atoms with Gasteiger partial charge < -0.3 is 0 Å². The molecule has 3 unspecified atom stereocenters. The van der Waals surface area contributed by atoms with Crippen molar-refractivity contribution in [2.24, 2.45) is 11.8 Å². The van der Waals surface area contributed by atoms with Crippen LogP contribution < -0.4 is 0 Å². The van der Waals surface area contributed by atoms with E-state index in [4.69, 9.17) is 0 Å². The highest BCUT2D eigenvalue weighted by Crippen LogP contribution is 2.48. The largest absolute Gasteiger partial charge is 0.416 e. The van der Waals surface area contributed by atoms with Crippen molar-refractivity contribution in [3.05, 3.63) is 35.4 Å².